The summed E-state index contributed by atoms with van der Waals surface area (Å²) in [5.41, 5.74) is 2.40. The molecule has 0 radical (unpaired) electrons. The number of halogens is 1. The minimum Gasteiger partial charge on any atom is -0.494 e. The minimum absolute atomic E-state index is 0.689. The fourth-order valence-electron chi connectivity index (χ4n) is 1.89. The monoisotopic (exact) mass is 275 g/mol. The number of rotatable bonds is 6. The van der Waals surface area contributed by atoms with Gasteiger partial charge in [-0.3, -0.25) is 0 Å². The van der Waals surface area contributed by atoms with Crippen molar-refractivity contribution < 1.29 is 4.74 Å². The molecule has 100 valence electrons. The summed E-state index contributed by atoms with van der Waals surface area (Å²) in [7, 11) is 0. The predicted molar refractivity (Wildman–Crippen MR) is 79.6 cm³/mol. The fourth-order valence-corrected chi connectivity index (χ4v) is 2.02. The topological polar surface area (TPSA) is 21.3 Å². The van der Waals surface area contributed by atoms with Gasteiger partial charge < -0.3 is 10.1 Å². The molecule has 0 unspecified atom stereocenters. The molecule has 0 aliphatic rings. The van der Waals surface area contributed by atoms with Crippen LogP contribution >= 0.6 is 11.6 Å². The normalized spacial score (nSPS) is 10.4. The summed E-state index contributed by atoms with van der Waals surface area (Å²) in [6.07, 6.45) is 0. The molecule has 0 aliphatic heterocycles. The van der Waals surface area contributed by atoms with E-state index in [-0.39, 0.29) is 0 Å². The van der Waals surface area contributed by atoms with Crippen molar-refractivity contribution in [1.29, 1.82) is 0 Å². The second kappa shape index (κ2) is 7.17. The van der Waals surface area contributed by atoms with Crippen molar-refractivity contribution in [2.24, 2.45) is 0 Å². The van der Waals surface area contributed by atoms with E-state index >= 15 is 0 Å². The Balaban J connectivity index is 1.90. The lowest BCUT2D eigenvalue weighted by molar-refractivity contribution is 0.335. The van der Waals surface area contributed by atoms with E-state index in [1.807, 2.05) is 49.4 Å². The van der Waals surface area contributed by atoms with Gasteiger partial charge in [-0.2, -0.15) is 0 Å². The first kappa shape index (κ1) is 13.9. The van der Waals surface area contributed by atoms with Crippen LogP contribution in [0.4, 0.5) is 0 Å². The van der Waals surface area contributed by atoms with E-state index in [9.17, 15) is 0 Å². The third kappa shape index (κ3) is 4.27. The van der Waals surface area contributed by atoms with Crippen molar-refractivity contribution in [3.8, 4) is 5.75 Å². The first-order chi connectivity index (χ1) is 9.29. The molecule has 2 rings (SSSR count). The molecule has 0 amide bonds. The highest BCUT2D eigenvalue weighted by atomic mass is 35.5. The first-order valence-corrected chi connectivity index (χ1v) is 6.83. The molecule has 2 nitrogen and oxygen atoms in total. The van der Waals surface area contributed by atoms with Gasteiger partial charge in [0.25, 0.3) is 0 Å². The third-order valence-corrected chi connectivity index (χ3v) is 3.08. The molecule has 0 bridgehead atoms. The molecule has 1 N–H and O–H groups in total. The molecule has 0 fully saturated rings. The van der Waals surface area contributed by atoms with Gasteiger partial charge in [-0.1, -0.05) is 41.9 Å². The van der Waals surface area contributed by atoms with Gasteiger partial charge in [0.05, 0.1) is 6.61 Å². The zero-order valence-electron chi connectivity index (χ0n) is 11.0. The summed E-state index contributed by atoms with van der Waals surface area (Å²) < 4.78 is 5.60. The van der Waals surface area contributed by atoms with Crippen LogP contribution in [-0.2, 0) is 13.1 Å². The Hall–Kier alpha value is -1.51. The zero-order chi connectivity index (χ0) is 13.5. The Bertz CT molecular complexity index is 510. The molecule has 0 aromatic heterocycles. The van der Waals surface area contributed by atoms with Crippen molar-refractivity contribution in [3.05, 3.63) is 64.7 Å². The highest BCUT2D eigenvalue weighted by Crippen LogP contribution is 2.17. The van der Waals surface area contributed by atoms with Gasteiger partial charge in [0.15, 0.2) is 0 Å². The van der Waals surface area contributed by atoms with Gasteiger partial charge in [-0.05, 0) is 30.7 Å². The summed E-state index contributed by atoms with van der Waals surface area (Å²) in [4.78, 5) is 0. The Kier molecular flexibility index (Phi) is 5.25. The first-order valence-electron chi connectivity index (χ1n) is 6.45. The van der Waals surface area contributed by atoms with Crippen LogP contribution in [-0.4, -0.2) is 6.61 Å². The van der Waals surface area contributed by atoms with E-state index < -0.39 is 0 Å². The summed E-state index contributed by atoms with van der Waals surface area (Å²) in [6.45, 7) is 4.29. The molecule has 0 heterocycles. The van der Waals surface area contributed by atoms with E-state index in [2.05, 4.69) is 11.4 Å². The van der Waals surface area contributed by atoms with Gasteiger partial charge in [0, 0.05) is 23.7 Å². The highest BCUT2D eigenvalue weighted by Gasteiger charge is 2.01. The maximum absolute atomic E-state index is 5.86. The Morgan fingerprint density at radius 3 is 2.47 bits per heavy atom. The lowest BCUT2D eigenvalue weighted by atomic mass is 10.2. The van der Waals surface area contributed by atoms with Crippen LogP contribution in [0.15, 0.2) is 48.5 Å². The SMILES string of the molecule is CCOc1ccccc1CNCc1ccc(Cl)cc1. The van der Waals surface area contributed by atoms with E-state index in [4.69, 9.17) is 16.3 Å². The van der Waals surface area contributed by atoms with Crippen molar-refractivity contribution in [3.63, 3.8) is 0 Å². The van der Waals surface area contributed by atoms with Gasteiger partial charge in [-0.25, -0.2) is 0 Å². The average molecular weight is 276 g/mol. The van der Waals surface area contributed by atoms with Gasteiger partial charge in [0.1, 0.15) is 5.75 Å². The molecule has 0 aliphatic carbocycles. The zero-order valence-corrected chi connectivity index (χ0v) is 11.8. The molecule has 0 saturated carbocycles. The Morgan fingerprint density at radius 1 is 1.00 bits per heavy atom. The quantitative estimate of drug-likeness (QED) is 0.859. The van der Waals surface area contributed by atoms with Crippen LogP contribution in [0.5, 0.6) is 5.75 Å². The van der Waals surface area contributed by atoms with E-state index in [1.54, 1.807) is 0 Å². The van der Waals surface area contributed by atoms with Crippen molar-refractivity contribution in [2.45, 2.75) is 20.0 Å². The molecule has 0 atom stereocenters. The molecular formula is C16H18ClNO. The van der Waals surface area contributed by atoms with Crippen LogP contribution in [0.3, 0.4) is 0 Å². The summed E-state index contributed by atoms with van der Waals surface area (Å²) >= 11 is 5.86. The van der Waals surface area contributed by atoms with Crippen molar-refractivity contribution in [1.82, 2.24) is 5.32 Å². The number of nitrogens with one attached hydrogen (secondary N) is 1. The highest BCUT2D eigenvalue weighted by molar-refractivity contribution is 6.30. The maximum Gasteiger partial charge on any atom is 0.123 e. The lowest BCUT2D eigenvalue weighted by Crippen LogP contribution is -2.13. The van der Waals surface area contributed by atoms with Gasteiger partial charge in [0.2, 0.25) is 0 Å². The van der Waals surface area contributed by atoms with Crippen LogP contribution in [0.25, 0.3) is 0 Å². The van der Waals surface area contributed by atoms with Crippen LogP contribution in [0, 0.1) is 0 Å². The molecular weight excluding hydrogens is 258 g/mol. The smallest absolute Gasteiger partial charge is 0.123 e. The van der Waals surface area contributed by atoms with Crippen LogP contribution < -0.4 is 10.1 Å². The lowest BCUT2D eigenvalue weighted by Gasteiger charge is -2.11. The van der Waals surface area contributed by atoms with Crippen molar-refractivity contribution in [2.75, 3.05) is 6.61 Å². The predicted octanol–water partition coefficient (Wildman–Crippen LogP) is 4.03. The van der Waals surface area contributed by atoms with Crippen LogP contribution in [0.2, 0.25) is 5.02 Å². The summed E-state index contributed by atoms with van der Waals surface area (Å²) in [5, 5.41) is 4.18. The third-order valence-electron chi connectivity index (χ3n) is 2.83. The maximum atomic E-state index is 5.86. The number of para-hydroxylation sites is 1. The number of benzene rings is 2. The number of ether oxygens (including phenoxy) is 1. The van der Waals surface area contributed by atoms with Gasteiger partial charge >= 0.3 is 0 Å². The minimum atomic E-state index is 0.689. The summed E-state index contributed by atoms with van der Waals surface area (Å²) in [5.74, 6) is 0.952. The van der Waals surface area contributed by atoms with E-state index in [0.717, 1.165) is 23.9 Å². The second-order valence-electron chi connectivity index (χ2n) is 4.27. The van der Waals surface area contributed by atoms with Crippen LogP contribution in [0.1, 0.15) is 18.1 Å². The fraction of sp³-hybridized carbons (Fsp3) is 0.250. The van der Waals surface area contributed by atoms with Gasteiger partial charge in [-0.15, -0.1) is 0 Å². The average Bonchev–Trinajstić information content (AvgIpc) is 2.43. The Morgan fingerprint density at radius 2 is 1.74 bits per heavy atom. The molecule has 3 heteroatoms. The largest absolute Gasteiger partial charge is 0.494 e. The van der Waals surface area contributed by atoms with E-state index in [0.29, 0.717) is 6.61 Å². The molecule has 0 spiro atoms. The Labute approximate surface area is 119 Å². The summed E-state index contributed by atoms with van der Waals surface area (Å²) in [6, 6.07) is 16.0. The molecule has 0 saturated heterocycles. The molecule has 19 heavy (non-hydrogen) atoms. The van der Waals surface area contributed by atoms with E-state index in [1.165, 1.54) is 11.1 Å². The number of hydrogen-bond donors (Lipinski definition) is 1. The number of hydrogen-bond acceptors (Lipinski definition) is 2. The molecule has 2 aromatic carbocycles. The standard InChI is InChI=1S/C16H18ClNO/c1-2-19-16-6-4-3-5-14(16)12-18-11-13-7-9-15(17)10-8-13/h3-10,18H,2,11-12H2,1H3. The second-order valence-corrected chi connectivity index (χ2v) is 4.71. The molecule has 2 aromatic rings. The van der Waals surface area contributed by atoms with Crippen molar-refractivity contribution >= 4 is 11.6 Å².